The molecule has 20 heavy (non-hydrogen) atoms. The molecule has 0 radical (unpaired) electrons. The molecule has 1 aromatic carbocycles. The van der Waals surface area contributed by atoms with Gasteiger partial charge in [-0.3, -0.25) is 14.5 Å². The molecule has 1 unspecified atom stereocenters. The van der Waals surface area contributed by atoms with Crippen LogP contribution in [0.15, 0.2) is 24.3 Å². The van der Waals surface area contributed by atoms with Gasteiger partial charge in [-0.05, 0) is 31.5 Å². The third-order valence-electron chi connectivity index (χ3n) is 3.63. The van der Waals surface area contributed by atoms with Crippen molar-refractivity contribution >= 4 is 11.8 Å². The van der Waals surface area contributed by atoms with Crippen LogP contribution < -0.4 is 4.74 Å². The number of benzene rings is 1. The third kappa shape index (κ3) is 3.36. The Bertz CT molecular complexity index is 500. The van der Waals surface area contributed by atoms with Gasteiger partial charge in [0, 0.05) is 6.54 Å². The van der Waals surface area contributed by atoms with Gasteiger partial charge in [-0.15, -0.1) is 0 Å². The first kappa shape index (κ1) is 14.5. The number of hydrogen-bond donors (Lipinski definition) is 1. The summed E-state index contributed by atoms with van der Waals surface area (Å²) in [7, 11) is 1.54. The molecule has 0 aromatic heterocycles. The summed E-state index contributed by atoms with van der Waals surface area (Å²) in [5.41, 5.74) is 0.549. The van der Waals surface area contributed by atoms with Gasteiger partial charge in [-0.1, -0.05) is 12.1 Å². The first-order chi connectivity index (χ1) is 9.61. The van der Waals surface area contributed by atoms with Crippen LogP contribution in [-0.4, -0.2) is 48.5 Å². The molecule has 1 fully saturated rings. The average molecular weight is 277 g/mol. The number of hydrogen-bond acceptors (Lipinski definition) is 4. The Morgan fingerprint density at radius 1 is 1.40 bits per heavy atom. The number of aliphatic carboxylic acids is 1. The topological polar surface area (TPSA) is 66.8 Å². The zero-order valence-corrected chi connectivity index (χ0v) is 11.5. The van der Waals surface area contributed by atoms with E-state index in [9.17, 15) is 9.59 Å². The van der Waals surface area contributed by atoms with Crippen LogP contribution in [0.5, 0.6) is 5.75 Å². The Kier molecular flexibility index (Phi) is 4.74. The zero-order valence-electron chi connectivity index (χ0n) is 11.5. The molecule has 0 amide bonds. The molecule has 1 aliphatic rings. The van der Waals surface area contributed by atoms with Gasteiger partial charge in [0.25, 0.3) is 0 Å². The highest BCUT2D eigenvalue weighted by Crippen LogP contribution is 2.20. The molecule has 1 heterocycles. The second kappa shape index (κ2) is 6.52. The van der Waals surface area contributed by atoms with Gasteiger partial charge in [-0.25, -0.2) is 0 Å². The van der Waals surface area contributed by atoms with Crippen LogP contribution >= 0.6 is 0 Å². The first-order valence-corrected chi connectivity index (χ1v) is 6.73. The van der Waals surface area contributed by atoms with Crippen molar-refractivity contribution in [1.29, 1.82) is 0 Å². The van der Waals surface area contributed by atoms with Crippen molar-refractivity contribution in [3.63, 3.8) is 0 Å². The van der Waals surface area contributed by atoms with E-state index in [0.29, 0.717) is 24.3 Å². The van der Waals surface area contributed by atoms with E-state index in [-0.39, 0.29) is 18.2 Å². The van der Waals surface area contributed by atoms with Gasteiger partial charge in [0.1, 0.15) is 5.75 Å². The smallest absolute Gasteiger partial charge is 0.307 e. The second-order valence-electron chi connectivity index (χ2n) is 5.04. The lowest BCUT2D eigenvalue weighted by Crippen LogP contribution is -2.41. The first-order valence-electron chi connectivity index (χ1n) is 6.73. The summed E-state index contributed by atoms with van der Waals surface area (Å²) in [4.78, 5) is 25.2. The number of ketones is 1. The van der Waals surface area contributed by atoms with Crippen LogP contribution in [0, 0.1) is 5.92 Å². The molecule has 0 bridgehead atoms. The predicted octanol–water partition coefficient (Wildman–Crippen LogP) is 1.67. The molecule has 2 rings (SSSR count). The van der Waals surface area contributed by atoms with E-state index in [1.165, 1.54) is 7.11 Å². The highest BCUT2D eigenvalue weighted by atomic mass is 16.5. The molecule has 0 saturated carbocycles. The quantitative estimate of drug-likeness (QED) is 0.829. The van der Waals surface area contributed by atoms with Gasteiger partial charge < -0.3 is 9.84 Å². The average Bonchev–Trinajstić information content (AvgIpc) is 2.47. The summed E-state index contributed by atoms with van der Waals surface area (Å²) < 4.78 is 5.18. The molecular formula is C15H19NO4. The number of methoxy groups -OCH3 is 1. The number of likely N-dealkylation sites (tertiary alicyclic amines) is 1. The minimum Gasteiger partial charge on any atom is -0.496 e. The van der Waals surface area contributed by atoms with Gasteiger partial charge in [-0.2, -0.15) is 0 Å². The molecule has 1 N–H and O–H groups in total. The number of rotatable bonds is 5. The normalized spacial score (nSPS) is 19.6. The van der Waals surface area contributed by atoms with Crippen molar-refractivity contribution in [2.45, 2.75) is 12.8 Å². The molecule has 1 atom stereocenters. The van der Waals surface area contributed by atoms with Crippen molar-refractivity contribution < 1.29 is 19.4 Å². The third-order valence-corrected chi connectivity index (χ3v) is 3.63. The lowest BCUT2D eigenvalue weighted by atomic mass is 9.97. The molecule has 5 nitrogen and oxygen atoms in total. The highest BCUT2D eigenvalue weighted by molar-refractivity contribution is 6.00. The fourth-order valence-corrected chi connectivity index (χ4v) is 2.56. The summed E-state index contributed by atoms with van der Waals surface area (Å²) >= 11 is 0. The SMILES string of the molecule is COc1ccccc1C(=O)CN1CCCC(C(=O)O)C1. The maximum absolute atomic E-state index is 12.3. The minimum absolute atomic E-state index is 0.0338. The maximum Gasteiger partial charge on any atom is 0.307 e. The zero-order chi connectivity index (χ0) is 14.5. The Balaban J connectivity index is 2.02. The molecule has 1 aliphatic heterocycles. The molecule has 1 saturated heterocycles. The van der Waals surface area contributed by atoms with Crippen LogP contribution in [0.25, 0.3) is 0 Å². The number of carboxylic acid groups (broad SMARTS) is 1. The summed E-state index contributed by atoms with van der Waals surface area (Å²) in [6, 6.07) is 7.10. The van der Waals surface area contributed by atoms with Crippen LogP contribution in [-0.2, 0) is 4.79 Å². The Hall–Kier alpha value is -1.88. The summed E-state index contributed by atoms with van der Waals surface area (Å²) in [6.45, 7) is 1.45. The van der Waals surface area contributed by atoms with Gasteiger partial charge in [0.15, 0.2) is 5.78 Å². The van der Waals surface area contributed by atoms with Crippen LogP contribution in [0.3, 0.4) is 0 Å². The van der Waals surface area contributed by atoms with E-state index in [0.717, 1.165) is 13.0 Å². The van der Waals surface area contributed by atoms with Crippen molar-refractivity contribution in [1.82, 2.24) is 4.90 Å². The van der Waals surface area contributed by atoms with Gasteiger partial charge in [0.2, 0.25) is 0 Å². The van der Waals surface area contributed by atoms with E-state index >= 15 is 0 Å². The number of nitrogens with zero attached hydrogens (tertiary/aromatic N) is 1. The number of carboxylic acids is 1. The number of piperidine rings is 1. The van der Waals surface area contributed by atoms with Crippen molar-refractivity contribution in [2.75, 3.05) is 26.7 Å². The second-order valence-corrected chi connectivity index (χ2v) is 5.04. The number of Topliss-reactive ketones (excluding diaryl/α,β-unsaturated/α-hetero) is 1. The summed E-state index contributed by atoms with van der Waals surface area (Å²) in [5, 5.41) is 9.06. The fraction of sp³-hybridized carbons (Fsp3) is 0.467. The molecule has 0 spiro atoms. The van der Waals surface area contributed by atoms with Gasteiger partial charge >= 0.3 is 5.97 Å². The van der Waals surface area contributed by atoms with E-state index in [2.05, 4.69) is 0 Å². The fourth-order valence-electron chi connectivity index (χ4n) is 2.56. The summed E-state index contributed by atoms with van der Waals surface area (Å²) in [6.07, 6.45) is 1.50. The lowest BCUT2D eigenvalue weighted by molar-refractivity contribution is -0.143. The Morgan fingerprint density at radius 2 is 2.15 bits per heavy atom. The number of para-hydroxylation sites is 1. The number of ether oxygens (including phenoxy) is 1. The molecule has 5 heteroatoms. The van der Waals surface area contributed by atoms with Crippen molar-refractivity contribution in [3.05, 3.63) is 29.8 Å². The van der Waals surface area contributed by atoms with Crippen LogP contribution in [0.2, 0.25) is 0 Å². The maximum atomic E-state index is 12.3. The minimum atomic E-state index is -0.778. The summed E-state index contributed by atoms with van der Waals surface area (Å²) in [5.74, 6) is -0.619. The Labute approximate surface area is 118 Å². The van der Waals surface area contributed by atoms with Crippen molar-refractivity contribution in [3.8, 4) is 5.75 Å². The largest absolute Gasteiger partial charge is 0.496 e. The molecular weight excluding hydrogens is 258 g/mol. The molecule has 108 valence electrons. The van der Waals surface area contributed by atoms with Crippen LogP contribution in [0.4, 0.5) is 0 Å². The number of carbonyl (C=O) groups excluding carboxylic acids is 1. The molecule has 0 aliphatic carbocycles. The highest BCUT2D eigenvalue weighted by Gasteiger charge is 2.27. The van der Waals surface area contributed by atoms with Crippen molar-refractivity contribution in [2.24, 2.45) is 5.92 Å². The number of carbonyl (C=O) groups is 2. The monoisotopic (exact) mass is 277 g/mol. The Morgan fingerprint density at radius 3 is 2.85 bits per heavy atom. The lowest BCUT2D eigenvalue weighted by Gasteiger charge is -2.30. The van der Waals surface area contributed by atoms with E-state index in [1.807, 2.05) is 11.0 Å². The van der Waals surface area contributed by atoms with E-state index in [1.54, 1.807) is 18.2 Å². The molecule has 1 aromatic rings. The standard InChI is InChI=1S/C15H19NO4/c1-20-14-7-3-2-6-12(14)13(17)10-16-8-4-5-11(9-16)15(18)19/h2-3,6-7,11H,4-5,8-10H2,1H3,(H,18,19). The van der Waals surface area contributed by atoms with Gasteiger partial charge in [0.05, 0.1) is 25.1 Å². The van der Waals surface area contributed by atoms with E-state index < -0.39 is 5.97 Å². The van der Waals surface area contributed by atoms with E-state index in [4.69, 9.17) is 9.84 Å². The predicted molar refractivity (Wildman–Crippen MR) is 74.1 cm³/mol. The van der Waals surface area contributed by atoms with Crippen LogP contribution in [0.1, 0.15) is 23.2 Å².